The SMILES string of the molecule is Cc1ccc(-c2ccc3c(c2)C=C(C(=O)Nc2ccc(C(N)c4ccccn4)cc2)CCO3)cc1. The van der Waals surface area contributed by atoms with Crippen LogP contribution in [0.1, 0.15) is 34.8 Å². The highest BCUT2D eigenvalue weighted by molar-refractivity contribution is 6.07. The Morgan fingerprint density at radius 1 is 0.971 bits per heavy atom. The lowest BCUT2D eigenvalue weighted by molar-refractivity contribution is -0.113. The first-order chi connectivity index (χ1) is 17.1. The monoisotopic (exact) mass is 461 g/mol. The minimum atomic E-state index is -0.318. The molecular weight excluding hydrogens is 434 g/mol. The summed E-state index contributed by atoms with van der Waals surface area (Å²) in [6.07, 6.45) is 4.19. The molecule has 4 aromatic rings. The molecule has 0 saturated carbocycles. The van der Waals surface area contributed by atoms with Gasteiger partial charge in [0, 0.05) is 29.4 Å². The second-order valence-electron chi connectivity index (χ2n) is 8.70. The Labute approximate surface area is 205 Å². The van der Waals surface area contributed by atoms with E-state index in [0.29, 0.717) is 24.3 Å². The number of aromatic nitrogens is 1. The summed E-state index contributed by atoms with van der Waals surface area (Å²) in [5.41, 5.74) is 13.8. The highest BCUT2D eigenvalue weighted by Crippen LogP contribution is 2.31. The van der Waals surface area contributed by atoms with E-state index in [2.05, 4.69) is 53.6 Å². The first kappa shape index (κ1) is 22.6. The van der Waals surface area contributed by atoms with Gasteiger partial charge in [-0.1, -0.05) is 54.1 Å². The van der Waals surface area contributed by atoms with Crippen molar-refractivity contribution in [1.82, 2.24) is 4.98 Å². The average molecular weight is 462 g/mol. The summed E-state index contributed by atoms with van der Waals surface area (Å²) < 4.78 is 5.92. The van der Waals surface area contributed by atoms with Crippen LogP contribution in [0.2, 0.25) is 0 Å². The fourth-order valence-corrected chi connectivity index (χ4v) is 4.14. The molecule has 5 nitrogen and oxygen atoms in total. The number of carbonyl (C=O) groups is 1. The Hall–Kier alpha value is -4.22. The molecule has 3 aromatic carbocycles. The van der Waals surface area contributed by atoms with E-state index >= 15 is 0 Å². The Balaban J connectivity index is 1.33. The molecule has 1 aliphatic rings. The topological polar surface area (TPSA) is 77.2 Å². The number of amides is 1. The number of pyridine rings is 1. The highest BCUT2D eigenvalue weighted by Gasteiger charge is 2.17. The van der Waals surface area contributed by atoms with Gasteiger partial charge < -0.3 is 15.8 Å². The van der Waals surface area contributed by atoms with Crippen molar-refractivity contribution in [3.05, 3.63) is 119 Å². The van der Waals surface area contributed by atoms with Crippen molar-refractivity contribution >= 4 is 17.7 Å². The number of fused-ring (bicyclic) bond motifs is 1. The summed E-state index contributed by atoms with van der Waals surface area (Å²) in [5, 5.41) is 3.01. The van der Waals surface area contributed by atoms with Crippen molar-refractivity contribution in [2.75, 3.05) is 11.9 Å². The molecule has 1 unspecified atom stereocenters. The molecule has 0 fully saturated rings. The van der Waals surface area contributed by atoms with Crippen molar-refractivity contribution in [3.8, 4) is 16.9 Å². The minimum Gasteiger partial charge on any atom is -0.493 e. The van der Waals surface area contributed by atoms with E-state index < -0.39 is 0 Å². The standard InChI is InChI=1S/C30H27N3O2/c1-20-5-7-21(8-6-20)23-11-14-28-25(18-23)19-24(15-17-35-28)30(34)33-26-12-9-22(10-13-26)29(31)27-4-2-3-16-32-27/h2-14,16,18-19,29H,15,17,31H2,1H3,(H,33,34). The number of hydrogen-bond donors (Lipinski definition) is 2. The van der Waals surface area contributed by atoms with Gasteiger partial charge in [-0.3, -0.25) is 9.78 Å². The Bertz CT molecular complexity index is 1360. The van der Waals surface area contributed by atoms with Gasteiger partial charge in [-0.2, -0.15) is 0 Å². The number of hydrogen-bond acceptors (Lipinski definition) is 4. The predicted octanol–water partition coefficient (Wildman–Crippen LogP) is 5.91. The van der Waals surface area contributed by atoms with E-state index in [4.69, 9.17) is 10.5 Å². The molecule has 5 heteroatoms. The number of carbonyl (C=O) groups excluding carboxylic acids is 1. The van der Waals surface area contributed by atoms with Crippen LogP contribution >= 0.6 is 0 Å². The summed E-state index contributed by atoms with van der Waals surface area (Å²) in [6.45, 7) is 2.53. The smallest absolute Gasteiger partial charge is 0.251 e. The molecule has 5 rings (SSSR count). The van der Waals surface area contributed by atoms with Gasteiger partial charge in [0.2, 0.25) is 0 Å². The molecule has 2 heterocycles. The summed E-state index contributed by atoms with van der Waals surface area (Å²) in [5.74, 6) is 0.653. The Kier molecular flexibility index (Phi) is 6.42. The molecule has 1 amide bonds. The first-order valence-electron chi connectivity index (χ1n) is 11.7. The zero-order chi connectivity index (χ0) is 24.2. The summed E-state index contributed by atoms with van der Waals surface area (Å²) >= 11 is 0. The fourth-order valence-electron chi connectivity index (χ4n) is 4.14. The second-order valence-corrected chi connectivity index (χ2v) is 8.70. The minimum absolute atomic E-state index is 0.135. The number of ether oxygens (including phenoxy) is 1. The quantitative estimate of drug-likeness (QED) is 0.387. The van der Waals surface area contributed by atoms with Crippen molar-refractivity contribution in [1.29, 1.82) is 0 Å². The van der Waals surface area contributed by atoms with E-state index in [1.807, 2.05) is 54.6 Å². The molecule has 0 radical (unpaired) electrons. The van der Waals surface area contributed by atoms with E-state index in [0.717, 1.165) is 33.7 Å². The maximum Gasteiger partial charge on any atom is 0.251 e. The Morgan fingerprint density at radius 2 is 1.74 bits per heavy atom. The van der Waals surface area contributed by atoms with Crippen LogP contribution in [0.4, 0.5) is 5.69 Å². The zero-order valence-corrected chi connectivity index (χ0v) is 19.6. The van der Waals surface area contributed by atoms with Crippen molar-refractivity contribution < 1.29 is 9.53 Å². The van der Waals surface area contributed by atoms with E-state index in [-0.39, 0.29) is 11.9 Å². The number of nitrogens with two attached hydrogens (primary N) is 1. The second kappa shape index (κ2) is 9.95. The van der Waals surface area contributed by atoms with Crippen LogP contribution in [-0.2, 0) is 4.79 Å². The van der Waals surface area contributed by atoms with Crippen LogP contribution in [0.3, 0.4) is 0 Å². The summed E-state index contributed by atoms with van der Waals surface area (Å²) in [4.78, 5) is 17.4. The first-order valence-corrected chi connectivity index (χ1v) is 11.7. The predicted molar refractivity (Wildman–Crippen MR) is 140 cm³/mol. The molecule has 0 saturated heterocycles. The third-order valence-electron chi connectivity index (χ3n) is 6.18. The van der Waals surface area contributed by atoms with E-state index in [1.165, 1.54) is 5.56 Å². The zero-order valence-electron chi connectivity index (χ0n) is 19.6. The van der Waals surface area contributed by atoms with Crippen LogP contribution in [0.15, 0.2) is 96.7 Å². The van der Waals surface area contributed by atoms with Gasteiger partial charge in [0.1, 0.15) is 5.75 Å². The van der Waals surface area contributed by atoms with Crippen molar-refractivity contribution in [2.24, 2.45) is 5.73 Å². The number of aryl methyl sites for hydroxylation is 1. The van der Waals surface area contributed by atoms with Gasteiger partial charge in [-0.25, -0.2) is 0 Å². The van der Waals surface area contributed by atoms with Crippen LogP contribution in [0, 0.1) is 6.92 Å². The molecule has 35 heavy (non-hydrogen) atoms. The molecular formula is C30H27N3O2. The van der Waals surface area contributed by atoms with Crippen LogP contribution in [-0.4, -0.2) is 17.5 Å². The maximum absolute atomic E-state index is 13.1. The lowest BCUT2D eigenvalue weighted by atomic mass is 10.00. The summed E-state index contributed by atoms with van der Waals surface area (Å²) in [6, 6.07) is 27.5. The molecule has 0 bridgehead atoms. The number of benzene rings is 3. The maximum atomic E-state index is 13.1. The molecule has 0 aliphatic carbocycles. The number of rotatable bonds is 5. The van der Waals surface area contributed by atoms with Gasteiger partial charge in [0.15, 0.2) is 0 Å². The van der Waals surface area contributed by atoms with E-state index in [1.54, 1.807) is 6.20 Å². The third-order valence-corrected chi connectivity index (χ3v) is 6.18. The van der Waals surface area contributed by atoms with Gasteiger partial charge >= 0.3 is 0 Å². The molecule has 174 valence electrons. The Morgan fingerprint density at radius 3 is 2.49 bits per heavy atom. The number of nitrogens with one attached hydrogen (secondary N) is 1. The normalized spacial score (nSPS) is 13.6. The molecule has 3 N–H and O–H groups in total. The lowest BCUT2D eigenvalue weighted by Crippen LogP contribution is -2.16. The lowest BCUT2D eigenvalue weighted by Gasteiger charge is -2.13. The molecule has 1 aromatic heterocycles. The van der Waals surface area contributed by atoms with Crippen LogP contribution in [0.25, 0.3) is 17.2 Å². The molecule has 1 atom stereocenters. The third kappa shape index (κ3) is 5.15. The van der Waals surface area contributed by atoms with Gasteiger partial charge in [0.25, 0.3) is 5.91 Å². The molecule has 0 spiro atoms. The molecule has 1 aliphatic heterocycles. The largest absolute Gasteiger partial charge is 0.493 e. The van der Waals surface area contributed by atoms with E-state index in [9.17, 15) is 4.79 Å². The van der Waals surface area contributed by atoms with Gasteiger partial charge in [-0.15, -0.1) is 0 Å². The number of anilines is 1. The van der Waals surface area contributed by atoms with Gasteiger partial charge in [-0.05, 0) is 66.1 Å². The highest BCUT2D eigenvalue weighted by atomic mass is 16.5. The number of nitrogens with zero attached hydrogens (tertiary/aromatic N) is 1. The van der Waals surface area contributed by atoms with Crippen molar-refractivity contribution in [2.45, 2.75) is 19.4 Å². The summed E-state index contributed by atoms with van der Waals surface area (Å²) in [7, 11) is 0. The van der Waals surface area contributed by atoms with Crippen LogP contribution in [0.5, 0.6) is 5.75 Å². The van der Waals surface area contributed by atoms with Gasteiger partial charge in [0.05, 0.1) is 18.3 Å². The van der Waals surface area contributed by atoms with Crippen molar-refractivity contribution in [3.63, 3.8) is 0 Å². The fraction of sp³-hybridized carbons (Fsp3) is 0.133. The van der Waals surface area contributed by atoms with Crippen LogP contribution < -0.4 is 15.8 Å². The average Bonchev–Trinajstić information content (AvgIpc) is 3.12.